The number of carbonyl (C=O) groups excluding carboxylic acids is 1. The normalized spacial score (nSPS) is 29.9. The minimum absolute atomic E-state index is 0.0200. The molecule has 0 aliphatic heterocycles. The highest BCUT2D eigenvalue weighted by Crippen LogP contribution is 2.33. The summed E-state index contributed by atoms with van der Waals surface area (Å²) in [6.45, 7) is -0.0200. The summed E-state index contributed by atoms with van der Waals surface area (Å²) in [5.74, 6) is -1.46. The van der Waals surface area contributed by atoms with Gasteiger partial charge in [0.15, 0.2) is 0 Å². The lowest BCUT2D eigenvalue weighted by Crippen LogP contribution is -2.53. The van der Waals surface area contributed by atoms with Gasteiger partial charge in [0.1, 0.15) is 0 Å². The van der Waals surface area contributed by atoms with Gasteiger partial charge in [0.2, 0.25) is 5.91 Å². The van der Waals surface area contributed by atoms with E-state index in [0.29, 0.717) is 19.3 Å². The summed E-state index contributed by atoms with van der Waals surface area (Å²) in [6, 6.07) is 0. The molecule has 0 heterocycles. The van der Waals surface area contributed by atoms with Crippen molar-refractivity contribution in [2.75, 3.05) is 6.61 Å². The Balaban J connectivity index is 1.91. The van der Waals surface area contributed by atoms with Crippen LogP contribution in [0.2, 0.25) is 0 Å². The summed E-state index contributed by atoms with van der Waals surface area (Å²) in [4.78, 5) is 23.1. The molecule has 5 heteroatoms. The van der Waals surface area contributed by atoms with Gasteiger partial charge >= 0.3 is 5.97 Å². The van der Waals surface area contributed by atoms with Crippen LogP contribution in [0.5, 0.6) is 0 Å². The minimum Gasteiger partial charge on any atom is -0.481 e. The van der Waals surface area contributed by atoms with Crippen molar-refractivity contribution in [2.24, 2.45) is 11.8 Å². The number of carboxylic acid groups (broad SMARTS) is 1. The van der Waals surface area contributed by atoms with Crippen molar-refractivity contribution in [3.05, 3.63) is 0 Å². The van der Waals surface area contributed by atoms with Gasteiger partial charge in [-0.1, -0.05) is 19.3 Å². The third-order valence-electron chi connectivity index (χ3n) is 4.65. The average molecular weight is 269 g/mol. The molecule has 3 N–H and O–H groups in total. The highest BCUT2D eigenvalue weighted by Gasteiger charge is 2.38. The second-order valence-corrected chi connectivity index (χ2v) is 6.03. The molecule has 0 aromatic heterocycles. The zero-order valence-corrected chi connectivity index (χ0v) is 11.2. The van der Waals surface area contributed by atoms with Crippen LogP contribution in [0.15, 0.2) is 0 Å². The quantitative estimate of drug-likeness (QED) is 0.718. The molecule has 0 unspecified atom stereocenters. The van der Waals surface area contributed by atoms with Crippen molar-refractivity contribution in [1.82, 2.24) is 5.32 Å². The molecular weight excluding hydrogens is 246 g/mol. The first kappa shape index (κ1) is 14.3. The molecule has 0 aromatic carbocycles. The lowest BCUT2D eigenvalue weighted by Gasteiger charge is -2.37. The second kappa shape index (κ2) is 5.90. The monoisotopic (exact) mass is 269 g/mol. The lowest BCUT2D eigenvalue weighted by atomic mass is 9.82. The van der Waals surface area contributed by atoms with Gasteiger partial charge in [-0.3, -0.25) is 9.59 Å². The molecule has 5 nitrogen and oxygen atoms in total. The number of aliphatic carboxylic acids is 1. The van der Waals surface area contributed by atoms with Gasteiger partial charge in [0.05, 0.1) is 18.1 Å². The molecule has 0 bridgehead atoms. The summed E-state index contributed by atoms with van der Waals surface area (Å²) in [7, 11) is 0. The highest BCUT2D eigenvalue weighted by molar-refractivity contribution is 5.81. The Morgan fingerprint density at radius 1 is 1.11 bits per heavy atom. The summed E-state index contributed by atoms with van der Waals surface area (Å²) >= 11 is 0. The summed E-state index contributed by atoms with van der Waals surface area (Å²) in [5, 5.41) is 21.5. The lowest BCUT2D eigenvalue weighted by molar-refractivity contribution is -0.141. The fourth-order valence-corrected chi connectivity index (χ4v) is 3.36. The van der Waals surface area contributed by atoms with E-state index in [9.17, 15) is 14.7 Å². The molecule has 0 saturated heterocycles. The van der Waals surface area contributed by atoms with Crippen LogP contribution in [0.3, 0.4) is 0 Å². The summed E-state index contributed by atoms with van der Waals surface area (Å²) in [5.41, 5.74) is -0.462. The number of hydrogen-bond acceptors (Lipinski definition) is 3. The van der Waals surface area contributed by atoms with Crippen molar-refractivity contribution in [1.29, 1.82) is 0 Å². The number of hydrogen-bond donors (Lipinski definition) is 3. The van der Waals surface area contributed by atoms with Gasteiger partial charge in [0.25, 0.3) is 0 Å². The molecule has 2 atom stereocenters. The largest absolute Gasteiger partial charge is 0.481 e. The maximum Gasteiger partial charge on any atom is 0.306 e. The number of aliphatic hydroxyl groups excluding tert-OH is 1. The molecule has 2 rings (SSSR count). The van der Waals surface area contributed by atoms with Gasteiger partial charge in [-0.05, 0) is 32.1 Å². The molecule has 0 spiro atoms. The highest BCUT2D eigenvalue weighted by atomic mass is 16.4. The predicted octanol–water partition coefficient (Wildman–Crippen LogP) is 1.30. The van der Waals surface area contributed by atoms with E-state index in [1.54, 1.807) is 0 Å². The Labute approximate surface area is 113 Å². The van der Waals surface area contributed by atoms with E-state index in [1.165, 1.54) is 0 Å². The maximum atomic E-state index is 12.2. The van der Waals surface area contributed by atoms with Gasteiger partial charge in [-0.15, -0.1) is 0 Å². The second-order valence-electron chi connectivity index (χ2n) is 6.03. The Hall–Kier alpha value is -1.10. The number of amides is 1. The summed E-state index contributed by atoms with van der Waals surface area (Å²) in [6.07, 6.45) is 6.52. The van der Waals surface area contributed by atoms with E-state index in [4.69, 9.17) is 5.11 Å². The molecule has 2 fully saturated rings. The average Bonchev–Trinajstić information content (AvgIpc) is 2.89. The first-order chi connectivity index (χ1) is 9.06. The molecule has 1 amide bonds. The van der Waals surface area contributed by atoms with Crippen LogP contribution in [0.1, 0.15) is 51.4 Å². The van der Waals surface area contributed by atoms with E-state index in [0.717, 1.165) is 32.1 Å². The smallest absolute Gasteiger partial charge is 0.306 e. The molecule has 108 valence electrons. The number of carboxylic acids is 1. The molecule has 0 radical (unpaired) electrons. The number of nitrogens with one attached hydrogen (secondary N) is 1. The van der Waals surface area contributed by atoms with E-state index in [-0.39, 0.29) is 24.3 Å². The minimum atomic E-state index is -0.801. The van der Waals surface area contributed by atoms with Crippen molar-refractivity contribution >= 4 is 11.9 Å². The van der Waals surface area contributed by atoms with E-state index < -0.39 is 11.5 Å². The van der Waals surface area contributed by atoms with Crippen LogP contribution in [0.4, 0.5) is 0 Å². The zero-order chi connectivity index (χ0) is 13.9. The fraction of sp³-hybridized carbons (Fsp3) is 0.857. The van der Waals surface area contributed by atoms with Crippen LogP contribution >= 0.6 is 0 Å². The van der Waals surface area contributed by atoms with Gasteiger partial charge in [-0.2, -0.15) is 0 Å². The van der Waals surface area contributed by atoms with Gasteiger partial charge < -0.3 is 15.5 Å². The van der Waals surface area contributed by atoms with Crippen molar-refractivity contribution in [2.45, 2.75) is 56.9 Å². The van der Waals surface area contributed by atoms with Gasteiger partial charge in [-0.25, -0.2) is 0 Å². The molecule has 19 heavy (non-hydrogen) atoms. The Bertz CT molecular complexity index is 349. The zero-order valence-electron chi connectivity index (χ0n) is 11.2. The third kappa shape index (κ3) is 3.26. The first-order valence-electron chi connectivity index (χ1n) is 7.22. The SMILES string of the molecule is O=C(O)[C@H]1CC[C@@H](C(=O)NC2(CO)CCCCC2)C1. The Kier molecular flexibility index (Phi) is 4.45. The van der Waals surface area contributed by atoms with E-state index in [2.05, 4.69) is 5.32 Å². The number of carbonyl (C=O) groups is 2. The molecule has 2 aliphatic rings. The Morgan fingerprint density at radius 2 is 1.74 bits per heavy atom. The Morgan fingerprint density at radius 3 is 2.26 bits per heavy atom. The fourth-order valence-electron chi connectivity index (χ4n) is 3.36. The standard InChI is InChI=1S/C14H23NO4/c16-9-14(6-2-1-3-7-14)15-12(17)10-4-5-11(8-10)13(18)19/h10-11,16H,1-9H2,(H,15,17)(H,18,19)/t10-,11+/m1/s1. The topological polar surface area (TPSA) is 86.6 Å². The van der Waals surface area contributed by atoms with Crippen LogP contribution in [0, 0.1) is 11.8 Å². The van der Waals surface area contributed by atoms with Crippen LogP contribution in [0.25, 0.3) is 0 Å². The van der Waals surface area contributed by atoms with Crippen LogP contribution in [-0.2, 0) is 9.59 Å². The molecule has 2 aliphatic carbocycles. The van der Waals surface area contributed by atoms with Gasteiger partial charge in [0, 0.05) is 5.92 Å². The molecular formula is C14H23NO4. The molecule has 2 saturated carbocycles. The van der Waals surface area contributed by atoms with E-state index in [1.807, 2.05) is 0 Å². The van der Waals surface area contributed by atoms with E-state index >= 15 is 0 Å². The van der Waals surface area contributed by atoms with Crippen molar-refractivity contribution in [3.8, 4) is 0 Å². The third-order valence-corrected chi connectivity index (χ3v) is 4.65. The maximum absolute atomic E-state index is 12.2. The van der Waals surface area contributed by atoms with Crippen molar-refractivity contribution < 1.29 is 19.8 Å². The van der Waals surface area contributed by atoms with Crippen LogP contribution < -0.4 is 5.32 Å². The predicted molar refractivity (Wildman–Crippen MR) is 69.5 cm³/mol. The van der Waals surface area contributed by atoms with Crippen LogP contribution in [-0.4, -0.2) is 34.2 Å². The first-order valence-corrected chi connectivity index (χ1v) is 7.22. The number of aliphatic hydroxyl groups is 1. The number of rotatable bonds is 4. The molecule has 0 aromatic rings. The van der Waals surface area contributed by atoms with Crippen molar-refractivity contribution in [3.63, 3.8) is 0 Å². The summed E-state index contributed by atoms with van der Waals surface area (Å²) < 4.78 is 0.